The number of aliphatic hydroxyl groups is 2. The van der Waals surface area contributed by atoms with Gasteiger partial charge in [0.2, 0.25) is 0 Å². The van der Waals surface area contributed by atoms with E-state index in [-0.39, 0.29) is 95.3 Å². The molecule has 2 saturated heterocycles. The van der Waals surface area contributed by atoms with E-state index in [9.17, 15) is 63.7 Å². The minimum absolute atomic E-state index is 0.0528. The smallest absolute Gasteiger partial charge is 0.433 e. The molecule has 2 fully saturated rings. The number of nitrogens with zero attached hydrogens (tertiary/aromatic N) is 10. The molecule has 4 atom stereocenters. The van der Waals surface area contributed by atoms with E-state index >= 15 is 0 Å². The number of hydrogen-bond acceptors (Lipinski definition) is 12. The van der Waals surface area contributed by atoms with Gasteiger partial charge in [-0.1, -0.05) is 12.1 Å². The zero-order chi connectivity index (χ0) is 60.7. The topological polar surface area (TPSA) is 166 Å². The largest absolute Gasteiger partial charge is 0.497 e. The Morgan fingerprint density at radius 3 is 1.23 bits per heavy atom. The highest BCUT2D eigenvalue weighted by Gasteiger charge is 2.42. The fraction of sp³-hybridized carbons (Fsp3) is 0.345. The van der Waals surface area contributed by atoms with E-state index in [2.05, 4.69) is 20.2 Å². The van der Waals surface area contributed by atoms with Crippen LogP contribution in [0.15, 0.2) is 97.3 Å². The van der Waals surface area contributed by atoms with Crippen LogP contribution in [-0.2, 0) is 12.4 Å². The Morgan fingerprint density at radius 1 is 0.571 bits per heavy atom. The SMILES string of the molecule is COc1ccc(-c2nc3c(C(=O)N4CCN([C@@H](CO)c5ccc(F)cc5F)C[C@H]4C)cnn3c(C(F)(F)F)c2C)cc1.COc1ccc(-c2nc3c(C(=O)N4CCN([C@H](CO)c5ccc(F)cc5F)C[C@H]4C)cnn3c(C(F)(F)F)c2C)cc1. The van der Waals surface area contributed by atoms with E-state index in [0.29, 0.717) is 31.7 Å². The monoisotopic (exact) mass is 1180 g/mol. The Balaban J connectivity index is 0.000000202. The average molecular weight is 1180 g/mol. The molecule has 0 radical (unpaired) electrons. The van der Waals surface area contributed by atoms with Gasteiger partial charge >= 0.3 is 12.4 Å². The lowest BCUT2D eigenvalue weighted by Crippen LogP contribution is -2.55. The molecular formula is C58H56F10N10O6. The summed E-state index contributed by atoms with van der Waals surface area (Å²) in [4.78, 5) is 43.0. The van der Waals surface area contributed by atoms with Crippen molar-refractivity contribution in [3.63, 3.8) is 0 Å². The van der Waals surface area contributed by atoms with Crippen molar-refractivity contribution in [2.75, 3.05) is 66.7 Å². The molecule has 8 aromatic rings. The maximum absolute atomic E-state index is 14.5. The summed E-state index contributed by atoms with van der Waals surface area (Å²) >= 11 is 0. The quantitative estimate of drug-likeness (QED) is 0.111. The number of piperazine rings is 2. The molecule has 2 amide bonds. The number of benzene rings is 4. The molecule has 6 heterocycles. The molecule has 2 aliphatic heterocycles. The fourth-order valence-corrected chi connectivity index (χ4v) is 11.0. The minimum Gasteiger partial charge on any atom is -0.497 e. The number of fused-ring (bicyclic) bond motifs is 2. The number of rotatable bonds is 12. The molecule has 0 unspecified atom stereocenters. The van der Waals surface area contributed by atoms with E-state index in [1.807, 2.05) is 0 Å². The first-order chi connectivity index (χ1) is 39.9. The highest BCUT2D eigenvalue weighted by atomic mass is 19.4. The van der Waals surface area contributed by atoms with Crippen molar-refractivity contribution in [3.8, 4) is 34.0 Å². The van der Waals surface area contributed by atoms with E-state index in [0.717, 1.165) is 36.7 Å². The zero-order valence-corrected chi connectivity index (χ0v) is 46.0. The molecule has 0 aliphatic carbocycles. The second-order valence-electron chi connectivity index (χ2n) is 20.3. The van der Waals surface area contributed by atoms with Gasteiger partial charge in [-0.05, 0) is 88.4 Å². The van der Waals surface area contributed by atoms with Gasteiger partial charge in [0.25, 0.3) is 11.8 Å². The van der Waals surface area contributed by atoms with Crippen molar-refractivity contribution in [2.45, 2.75) is 64.2 Å². The minimum atomic E-state index is -4.79. The number of aromatic nitrogens is 6. The molecule has 0 bridgehead atoms. The molecule has 2 N–H and O–H groups in total. The fourth-order valence-electron chi connectivity index (χ4n) is 11.0. The average Bonchev–Trinajstić information content (AvgIpc) is 1.66. The van der Waals surface area contributed by atoms with Gasteiger partial charge < -0.3 is 29.5 Å². The van der Waals surface area contributed by atoms with Gasteiger partial charge in [-0.3, -0.25) is 19.4 Å². The van der Waals surface area contributed by atoms with Gasteiger partial charge in [-0.15, -0.1) is 0 Å². The van der Waals surface area contributed by atoms with Gasteiger partial charge in [0.15, 0.2) is 22.7 Å². The number of methoxy groups -OCH3 is 2. The molecule has 444 valence electrons. The van der Waals surface area contributed by atoms with Crippen molar-refractivity contribution in [1.82, 2.24) is 48.8 Å². The molecule has 84 heavy (non-hydrogen) atoms. The normalized spacial score (nSPS) is 17.1. The third-order valence-corrected chi connectivity index (χ3v) is 15.2. The van der Waals surface area contributed by atoms with E-state index in [1.165, 1.54) is 50.0 Å². The maximum Gasteiger partial charge on any atom is 0.433 e. The summed E-state index contributed by atoms with van der Waals surface area (Å²) in [5, 5.41) is 27.9. The third-order valence-electron chi connectivity index (χ3n) is 15.2. The van der Waals surface area contributed by atoms with Crippen LogP contribution in [0.1, 0.15) is 80.3 Å². The Hall–Kier alpha value is -8.20. The summed E-state index contributed by atoms with van der Waals surface area (Å²) < 4.78 is 153. The highest BCUT2D eigenvalue weighted by molar-refractivity contribution is 6.01. The zero-order valence-electron chi connectivity index (χ0n) is 46.0. The van der Waals surface area contributed by atoms with Crippen LogP contribution in [0.25, 0.3) is 33.8 Å². The Labute approximate surface area is 474 Å². The van der Waals surface area contributed by atoms with Crippen molar-refractivity contribution < 1.29 is 73.2 Å². The predicted octanol–water partition coefficient (Wildman–Crippen LogP) is 9.78. The number of carbonyl (C=O) groups is 2. The lowest BCUT2D eigenvalue weighted by molar-refractivity contribution is -0.144. The predicted molar refractivity (Wildman–Crippen MR) is 286 cm³/mol. The first-order valence-electron chi connectivity index (χ1n) is 26.3. The highest BCUT2D eigenvalue weighted by Crippen LogP contribution is 2.40. The summed E-state index contributed by atoms with van der Waals surface area (Å²) in [5.74, 6) is -3.13. The van der Waals surface area contributed by atoms with E-state index in [1.54, 1.807) is 72.2 Å². The molecule has 4 aromatic carbocycles. The van der Waals surface area contributed by atoms with Crippen LogP contribution in [0.5, 0.6) is 11.5 Å². The van der Waals surface area contributed by atoms with Gasteiger partial charge in [-0.2, -0.15) is 36.5 Å². The Kier molecular flexibility index (Phi) is 17.4. The van der Waals surface area contributed by atoms with Gasteiger partial charge in [0.05, 0.1) is 63.3 Å². The molecule has 26 heteroatoms. The number of ether oxygens (including phenoxy) is 2. The van der Waals surface area contributed by atoms with Crippen LogP contribution < -0.4 is 9.47 Å². The molecule has 4 aromatic heterocycles. The lowest BCUT2D eigenvalue weighted by atomic mass is 10.0. The van der Waals surface area contributed by atoms with Gasteiger partial charge in [0, 0.05) is 96.9 Å². The number of halogens is 10. The van der Waals surface area contributed by atoms with Crippen LogP contribution in [0.2, 0.25) is 0 Å². The van der Waals surface area contributed by atoms with Crippen molar-refractivity contribution in [3.05, 3.63) is 165 Å². The lowest BCUT2D eigenvalue weighted by Gasteiger charge is -2.43. The standard InChI is InChI=1S/2C29H28F5N5O3/c2*1-16-14-37(24(15-40)21-9-6-19(30)12-23(21)31)10-11-38(16)28(41)22-13-35-39-26(29(32,33)34)17(2)25(36-27(22)39)18-4-7-20(42-3)8-5-18/h2*4-9,12-13,16,24,40H,10-11,14-15H2,1-3H3/t16-,24+;16-,24-/m11/s1. The molecule has 0 spiro atoms. The molecule has 16 nitrogen and oxygen atoms in total. The number of amides is 2. The van der Waals surface area contributed by atoms with Crippen LogP contribution >= 0.6 is 0 Å². The Morgan fingerprint density at radius 2 is 0.929 bits per heavy atom. The first-order valence-corrected chi connectivity index (χ1v) is 26.3. The van der Waals surface area contributed by atoms with Crippen molar-refractivity contribution >= 4 is 23.1 Å². The maximum atomic E-state index is 14.5. The second-order valence-corrected chi connectivity index (χ2v) is 20.3. The molecular weight excluding hydrogens is 1120 g/mol. The second kappa shape index (κ2) is 24.2. The van der Waals surface area contributed by atoms with Gasteiger partial charge in [0.1, 0.15) is 45.9 Å². The number of carbonyl (C=O) groups excluding carboxylic acids is 2. The molecule has 2 aliphatic rings. The first kappa shape index (κ1) is 60.4. The van der Waals surface area contributed by atoms with Crippen molar-refractivity contribution in [1.29, 1.82) is 0 Å². The Bertz CT molecular complexity index is 3490. The third kappa shape index (κ3) is 11.8. The summed E-state index contributed by atoms with van der Waals surface area (Å²) in [6.07, 6.45) is -7.40. The summed E-state index contributed by atoms with van der Waals surface area (Å²) in [6.45, 7) is 6.42. The molecule has 10 rings (SSSR count). The van der Waals surface area contributed by atoms with E-state index in [4.69, 9.17) is 9.47 Å². The molecule has 0 saturated carbocycles. The van der Waals surface area contributed by atoms with Gasteiger partial charge in [-0.25, -0.2) is 36.6 Å². The number of hydrogen-bond donors (Lipinski definition) is 2. The van der Waals surface area contributed by atoms with Crippen LogP contribution in [0.3, 0.4) is 0 Å². The van der Waals surface area contributed by atoms with Crippen LogP contribution in [-0.4, -0.2) is 150 Å². The number of alkyl halides is 6. The summed E-state index contributed by atoms with van der Waals surface area (Å²) in [5.41, 5.74) is -1.87. The van der Waals surface area contributed by atoms with Crippen LogP contribution in [0.4, 0.5) is 43.9 Å². The summed E-state index contributed by atoms with van der Waals surface area (Å²) in [6, 6.07) is 16.6. The summed E-state index contributed by atoms with van der Waals surface area (Å²) in [7, 11) is 2.95. The van der Waals surface area contributed by atoms with E-state index < -0.39 is 96.2 Å². The van der Waals surface area contributed by atoms with Crippen LogP contribution in [0, 0.1) is 37.1 Å². The number of aliphatic hydroxyl groups excluding tert-OH is 2. The van der Waals surface area contributed by atoms with Crippen molar-refractivity contribution in [2.24, 2.45) is 0 Å².